The summed E-state index contributed by atoms with van der Waals surface area (Å²) in [6.07, 6.45) is 2.31. The Morgan fingerprint density at radius 2 is 2.00 bits per heavy atom. The van der Waals surface area contributed by atoms with Gasteiger partial charge in [0.15, 0.2) is 9.84 Å². The Labute approximate surface area is 152 Å². The number of rotatable bonds is 5. The highest BCUT2D eigenvalue weighted by Crippen LogP contribution is 2.25. The molecule has 2 aliphatic rings. The minimum Gasteiger partial charge on any atom is -0.416 e. The predicted octanol–water partition coefficient (Wildman–Crippen LogP) is 1.64. The highest BCUT2D eigenvalue weighted by Gasteiger charge is 2.29. The molecule has 1 amide bonds. The van der Waals surface area contributed by atoms with E-state index >= 15 is 0 Å². The van der Waals surface area contributed by atoms with Gasteiger partial charge in [-0.25, -0.2) is 8.42 Å². The van der Waals surface area contributed by atoms with E-state index in [-0.39, 0.29) is 23.3 Å². The quantitative estimate of drug-likeness (QED) is 0.709. The third-order valence-electron chi connectivity index (χ3n) is 4.78. The van der Waals surface area contributed by atoms with Gasteiger partial charge in [-0.3, -0.25) is 4.79 Å². The van der Waals surface area contributed by atoms with Crippen molar-refractivity contribution in [3.8, 4) is 0 Å². The smallest absolute Gasteiger partial charge is 0.277 e. The van der Waals surface area contributed by atoms with Gasteiger partial charge in [-0.1, -0.05) is 25.6 Å². The van der Waals surface area contributed by atoms with Crippen molar-refractivity contribution in [1.82, 2.24) is 15.1 Å². The Morgan fingerprint density at radius 1 is 1.28 bits per heavy atom. The first-order chi connectivity index (χ1) is 11.8. The summed E-state index contributed by atoms with van der Waals surface area (Å²) in [4.78, 5) is 14.3. The van der Waals surface area contributed by atoms with Gasteiger partial charge in [0, 0.05) is 19.5 Å². The number of likely N-dealkylation sites (tertiary alicyclic amines) is 1. The van der Waals surface area contributed by atoms with Crippen LogP contribution in [0.5, 0.6) is 0 Å². The monoisotopic (exact) mass is 387 g/mol. The molecule has 2 fully saturated rings. The van der Waals surface area contributed by atoms with Gasteiger partial charge in [-0.2, -0.15) is 0 Å². The van der Waals surface area contributed by atoms with Crippen molar-refractivity contribution in [3.63, 3.8) is 0 Å². The summed E-state index contributed by atoms with van der Waals surface area (Å²) in [7, 11) is -2.90. The summed E-state index contributed by atoms with van der Waals surface area (Å²) in [5.74, 6) is 2.42. The molecule has 25 heavy (non-hydrogen) atoms. The van der Waals surface area contributed by atoms with Gasteiger partial charge in [-0.15, -0.1) is 10.2 Å². The highest BCUT2D eigenvalue weighted by atomic mass is 32.2. The number of carbonyl (C=O) groups excluding carboxylic acids is 1. The first kappa shape index (κ1) is 18.7. The molecule has 3 rings (SSSR count). The molecule has 0 unspecified atom stereocenters. The molecule has 1 aromatic heterocycles. The number of amides is 1. The summed E-state index contributed by atoms with van der Waals surface area (Å²) in [6, 6.07) is 0. The van der Waals surface area contributed by atoms with Crippen LogP contribution in [-0.2, 0) is 21.1 Å². The molecule has 2 aliphatic heterocycles. The van der Waals surface area contributed by atoms with Crippen molar-refractivity contribution >= 4 is 27.5 Å². The predicted molar refractivity (Wildman–Crippen MR) is 95.0 cm³/mol. The third kappa shape index (κ3) is 5.20. The average Bonchev–Trinajstić information content (AvgIpc) is 3.10. The second-order valence-electron chi connectivity index (χ2n) is 7.47. The van der Waals surface area contributed by atoms with E-state index in [0.717, 1.165) is 13.1 Å². The summed E-state index contributed by atoms with van der Waals surface area (Å²) in [6.45, 7) is 5.98. The third-order valence-corrected chi connectivity index (χ3v) is 7.42. The van der Waals surface area contributed by atoms with E-state index in [9.17, 15) is 13.2 Å². The lowest BCUT2D eigenvalue weighted by atomic mass is 9.92. The topological polar surface area (TPSA) is 93.4 Å². The molecule has 0 radical (unpaired) electrons. The van der Waals surface area contributed by atoms with E-state index < -0.39 is 9.84 Å². The van der Waals surface area contributed by atoms with Crippen LogP contribution in [-0.4, -0.2) is 59.8 Å². The van der Waals surface area contributed by atoms with Crippen molar-refractivity contribution in [2.75, 3.05) is 30.3 Å². The lowest BCUT2D eigenvalue weighted by Crippen LogP contribution is -2.43. The zero-order valence-corrected chi connectivity index (χ0v) is 16.3. The van der Waals surface area contributed by atoms with Crippen molar-refractivity contribution in [1.29, 1.82) is 0 Å². The highest BCUT2D eigenvalue weighted by molar-refractivity contribution is 7.99. The molecule has 0 aromatic carbocycles. The van der Waals surface area contributed by atoms with Gasteiger partial charge in [0.25, 0.3) is 5.22 Å². The summed E-state index contributed by atoms with van der Waals surface area (Å²) in [5.41, 5.74) is 0. The fraction of sp³-hybridized carbons (Fsp3) is 0.812. The molecular weight excluding hydrogens is 362 g/mol. The van der Waals surface area contributed by atoms with Crippen LogP contribution in [0.25, 0.3) is 0 Å². The van der Waals surface area contributed by atoms with Gasteiger partial charge >= 0.3 is 0 Å². The van der Waals surface area contributed by atoms with Crippen LogP contribution in [0.1, 0.15) is 32.6 Å². The molecular formula is C16H25N3O4S2. The van der Waals surface area contributed by atoms with Crippen molar-refractivity contribution in [3.05, 3.63) is 5.89 Å². The summed E-state index contributed by atoms with van der Waals surface area (Å²) in [5, 5.41) is 8.33. The molecule has 3 atom stereocenters. The Balaban J connectivity index is 1.47. The van der Waals surface area contributed by atoms with E-state index in [1.54, 1.807) is 0 Å². The minimum atomic E-state index is -2.90. The van der Waals surface area contributed by atoms with Crippen molar-refractivity contribution in [2.45, 2.75) is 38.3 Å². The van der Waals surface area contributed by atoms with E-state index in [0.29, 0.717) is 41.5 Å². The van der Waals surface area contributed by atoms with Gasteiger partial charge in [-0.05, 0) is 30.6 Å². The van der Waals surface area contributed by atoms with E-state index in [4.69, 9.17) is 4.42 Å². The molecule has 7 nitrogen and oxygen atoms in total. The largest absolute Gasteiger partial charge is 0.416 e. The maximum absolute atomic E-state index is 12.4. The number of hydrogen-bond donors (Lipinski definition) is 0. The molecule has 140 valence electrons. The normalized spacial score (nSPS) is 29.0. The summed E-state index contributed by atoms with van der Waals surface area (Å²) >= 11 is 1.25. The Hall–Kier alpha value is -1.09. The second-order valence-corrected chi connectivity index (χ2v) is 10.6. The van der Waals surface area contributed by atoms with Crippen LogP contribution in [0.15, 0.2) is 9.64 Å². The Bertz CT molecular complexity index is 709. The average molecular weight is 388 g/mol. The van der Waals surface area contributed by atoms with Gasteiger partial charge < -0.3 is 9.32 Å². The minimum absolute atomic E-state index is 0.0567. The van der Waals surface area contributed by atoms with E-state index in [1.165, 1.54) is 18.2 Å². The van der Waals surface area contributed by atoms with Crippen LogP contribution in [0.3, 0.4) is 0 Å². The number of aromatic nitrogens is 2. The Morgan fingerprint density at radius 3 is 2.64 bits per heavy atom. The van der Waals surface area contributed by atoms with E-state index in [1.807, 2.05) is 4.90 Å². The molecule has 0 spiro atoms. The fourth-order valence-corrected chi connectivity index (χ4v) is 6.29. The number of sulfone groups is 1. The first-order valence-electron chi connectivity index (χ1n) is 8.74. The number of nitrogens with zero attached hydrogens (tertiary/aromatic N) is 3. The first-order valence-corrected chi connectivity index (χ1v) is 11.5. The van der Waals surface area contributed by atoms with Crippen LogP contribution in [0.4, 0.5) is 0 Å². The Kier molecular flexibility index (Phi) is 5.72. The SMILES string of the molecule is C[C@@H]1C[C@H](C)CN(C(=O)CSc2nnc(C[C@@H]3CCS(=O)(=O)C3)o2)C1. The fourth-order valence-electron chi connectivity index (χ4n) is 3.74. The van der Waals surface area contributed by atoms with Crippen LogP contribution < -0.4 is 0 Å². The molecule has 1 aromatic rings. The molecule has 0 bridgehead atoms. The lowest BCUT2D eigenvalue weighted by molar-refractivity contribution is -0.130. The lowest BCUT2D eigenvalue weighted by Gasteiger charge is -2.34. The van der Waals surface area contributed by atoms with Crippen LogP contribution in [0.2, 0.25) is 0 Å². The maximum atomic E-state index is 12.4. The second kappa shape index (κ2) is 7.65. The molecule has 9 heteroatoms. The number of thioether (sulfide) groups is 1. The zero-order chi connectivity index (χ0) is 18.0. The standard InChI is InChI=1S/C16H25N3O4S2/c1-11-5-12(2)8-19(7-11)15(20)9-24-16-18-17-14(23-16)6-13-3-4-25(21,22)10-13/h11-13H,3-10H2,1-2H3/t11-,12+,13-/m0/s1. The molecule has 0 saturated carbocycles. The maximum Gasteiger partial charge on any atom is 0.277 e. The van der Waals surface area contributed by atoms with Crippen molar-refractivity contribution in [2.24, 2.45) is 17.8 Å². The number of hydrogen-bond acceptors (Lipinski definition) is 7. The van der Waals surface area contributed by atoms with Gasteiger partial charge in [0.1, 0.15) is 0 Å². The molecule has 0 N–H and O–H groups in total. The van der Waals surface area contributed by atoms with Crippen LogP contribution >= 0.6 is 11.8 Å². The number of carbonyl (C=O) groups is 1. The van der Waals surface area contributed by atoms with Crippen molar-refractivity contribution < 1.29 is 17.6 Å². The molecule has 3 heterocycles. The van der Waals surface area contributed by atoms with Gasteiger partial charge in [0.05, 0.1) is 17.3 Å². The zero-order valence-electron chi connectivity index (χ0n) is 14.7. The molecule has 0 aliphatic carbocycles. The van der Waals surface area contributed by atoms with E-state index in [2.05, 4.69) is 24.0 Å². The van der Waals surface area contributed by atoms with Gasteiger partial charge in [0.2, 0.25) is 11.8 Å². The molecule has 2 saturated heterocycles. The van der Waals surface area contributed by atoms with Crippen LogP contribution in [0, 0.1) is 17.8 Å². The number of piperidine rings is 1. The summed E-state index contributed by atoms with van der Waals surface area (Å²) < 4.78 is 28.6.